The van der Waals surface area contributed by atoms with Crippen LogP contribution >= 0.6 is 0 Å². The SMILES string of the molecule is Cc1ccc(S(=O)(=O)c2cc(O)c(O)c(OC(C)(C)C)c2)cc1. The van der Waals surface area contributed by atoms with E-state index in [0.29, 0.717) is 0 Å². The molecule has 2 aromatic rings. The molecule has 0 saturated carbocycles. The Labute approximate surface area is 136 Å². The van der Waals surface area contributed by atoms with Crippen LogP contribution < -0.4 is 4.74 Å². The summed E-state index contributed by atoms with van der Waals surface area (Å²) in [5.41, 5.74) is 0.283. The maximum absolute atomic E-state index is 12.7. The molecule has 0 heterocycles. The van der Waals surface area contributed by atoms with E-state index >= 15 is 0 Å². The summed E-state index contributed by atoms with van der Waals surface area (Å²) in [6.07, 6.45) is 0. The van der Waals surface area contributed by atoms with Gasteiger partial charge in [0.1, 0.15) is 5.60 Å². The first-order chi connectivity index (χ1) is 10.5. The zero-order chi connectivity index (χ0) is 17.4. The van der Waals surface area contributed by atoms with E-state index in [1.165, 1.54) is 18.2 Å². The number of phenols is 2. The Hall–Kier alpha value is -2.21. The van der Waals surface area contributed by atoms with Crippen molar-refractivity contribution in [2.24, 2.45) is 0 Å². The van der Waals surface area contributed by atoms with Gasteiger partial charge in [0, 0.05) is 12.1 Å². The molecule has 0 aliphatic rings. The molecule has 0 spiro atoms. The Kier molecular flexibility index (Phi) is 4.30. The zero-order valence-electron chi connectivity index (χ0n) is 13.5. The molecule has 124 valence electrons. The van der Waals surface area contributed by atoms with Gasteiger partial charge in [0.05, 0.1) is 9.79 Å². The van der Waals surface area contributed by atoms with E-state index < -0.39 is 26.9 Å². The highest BCUT2D eigenvalue weighted by Crippen LogP contribution is 2.40. The van der Waals surface area contributed by atoms with Crippen LogP contribution in [-0.2, 0) is 9.84 Å². The zero-order valence-corrected chi connectivity index (χ0v) is 14.3. The summed E-state index contributed by atoms with van der Waals surface area (Å²) in [5, 5.41) is 19.7. The molecule has 23 heavy (non-hydrogen) atoms. The molecule has 6 heteroatoms. The Morgan fingerprint density at radius 2 is 1.52 bits per heavy atom. The van der Waals surface area contributed by atoms with Gasteiger partial charge in [-0.3, -0.25) is 0 Å². The fourth-order valence-corrected chi connectivity index (χ4v) is 3.28. The van der Waals surface area contributed by atoms with Gasteiger partial charge in [-0.25, -0.2) is 8.42 Å². The van der Waals surface area contributed by atoms with Crippen molar-refractivity contribution in [1.29, 1.82) is 0 Å². The minimum atomic E-state index is -3.82. The Bertz CT molecular complexity index is 815. The van der Waals surface area contributed by atoms with Crippen LogP contribution in [-0.4, -0.2) is 24.2 Å². The average Bonchev–Trinajstić information content (AvgIpc) is 2.42. The van der Waals surface area contributed by atoms with Crippen molar-refractivity contribution in [3.8, 4) is 17.2 Å². The van der Waals surface area contributed by atoms with Crippen molar-refractivity contribution < 1.29 is 23.4 Å². The normalized spacial score (nSPS) is 12.2. The van der Waals surface area contributed by atoms with Gasteiger partial charge in [-0.1, -0.05) is 17.7 Å². The van der Waals surface area contributed by atoms with Crippen molar-refractivity contribution in [3.05, 3.63) is 42.0 Å². The number of sulfone groups is 1. The quantitative estimate of drug-likeness (QED) is 0.839. The molecule has 0 fully saturated rings. The second-order valence-corrected chi connectivity index (χ2v) is 8.27. The molecule has 0 aliphatic heterocycles. The molecule has 0 radical (unpaired) electrons. The fraction of sp³-hybridized carbons (Fsp3) is 0.294. The molecule has 0 unspecified atom stereocenters. The van der Waals surface area contributed by atoms with Crippen LogP contribution in [0.2, 0.25) is 0 Å². The van der Waals surface area contributed by atoms with Crippen molar-refractivity contribution in [1.82, 2.24) is 0 Å². The van der Waals surface area contributed by atoms with Gasteiger partial charge in [0.2, 0.25) is 15.6 Å². The molecule has 5 nitrogen and oxygen atoms in total. The Morgan fingerprint density at radius 1 is 0.957 bits per heavy atom. The van der Waals surface area contributed by atoms with Crippen molar-refractivity contribution in [3.63, 3.8) is 0 Å². The number of aromatic hydroxyl groups is 2. The second kappa shape index (κ2) is 5.77. The molecule has 0 aromatic heterocycles. The number of aryl methyl sites for hydroxylation is 1. The van der Waals surface area contributed by atoms with Gasteiger partial charge in [-0.2, -0.15) is 0 Å². The van der Waals surface area contributed by atoms with Gasteiger partial charge < -0.3 is 14.9 Å². The smallest absolute Gasteiger partial charge is 0.206 e. The lowest BCUT2D eigenvalue weighted by Gasteiger charge is -2.22. The van der Waals surface area contributed by atoms with Gasteiger partial charge in [0.15, 0.2) is 11.5 Å². The summed E-state index contributed by atoms with van der Waals surface area (Å²) in [6, 6.07) is 8.62. The molecule has 2 rings (SSSR count). The third-order valence-corrected chi connectivity index (χ3v) is 4.84. The maximum atomic E-state index is 12.7. The lowest BCUT2D eigenvalue weighted by molar-refractivity contribution is 0.124. The predicted molar refractivity (Wildman–Crippen MR) is 86.8 cm³/mol. The number of phenolic OH excluding ortho intramolecular Hbond substituents is 2. The van der Waals surface area contributed by atoms with Crippen LogP contribution in [0.4, 0.5) is 0 Å². The van der Waals surface area contributed by atoms with Crippen LogP contribution in [0.25, 0.3) is 0 Å². The molecule has 0 aliphatic carbocycles. The molecule has 0 amide bonds. The van der Waals surface area contributed by atoms with Crippen LogP contribution in [0, 0.1) is 6.92 Å². The highest BCUT2D eigenvalue weighted by atomic mass is 32.2. The Morgan fingerprint density at radius 3 is 2.04 bits per heavy atom. The molecular weight excluding hydrogens is 316 g/mol. The minimum Gasteiger partial charge on any atom is -0.504 e. The van der Waals surface area contributed by atoms with E-state index in [2.05, 4.69) is 0 Å². The van der Waals surface area contributed by atoms with E-state index in [9.17, 15) is 18.6 Å². The summed E-state index contributed by atoms with van der Waals surface area (Å²) in [4.78, 5) is -0.0363. The van der Waals surface area contributed by atoms with Crippen LogP contribution in [0.3, 0.4) is 0 Å². The molecule has 2 N–H and O–H groups in total. The van der Waals surface area contributed by atoms with Gasteiger partial charge >= 0.3 is 0 Å². The van der Waals surface area contributed by atoms with E-state index in [1.54, 1.807) is 32.9 Å². The third kappa shape index (κ3) is 3.76. The van der Waals surface area contributed by atoms with Gasteiger partial charge in [0.25, 0.3) is 0 Å². The average molecular weight is 336 g/mol. The molecule has 0 bridgehead atoms. The van der Waals surface area contributed by atoms with E-state index in [4.69, 9.17) is 4.74 Å². The lowest BCUT2D eigenvalue weighted by atomic mass is 10.2. The molecular formula is C17H20O5S. The number of hydrogen-bond acceptors (Lipinski definition) is 5. The number of hydrogen-bond donors (Lipinski definition) is 2. The lowest BCUT2D eigenvalue weighted by Crippen LogP contribution is -2.23. The summed E-state index contributed by atoms with van der Waals surface area (Å²) in [5.74, 6) is -1.11. The highest BCUT2D eigenvalue weighted by molar-refractivity contribution is 7.91. The summed E-state index contributed by atoms with van der Waals surface area (Å²) < 4.78 is 30.9. The predicted octanol–water partition coefficient (Wildman–Crippen LogP) is 3.42. The largest absolute Gasteiger partial charge is 0.504 e. The van der Waals surface area contributed by atoms with Crippen LogP contribution in [0.5, 0.6) is 17.2 Å². The minimum absolute atomic E-state index is 0.0804. The maximum Gasteiger partial charge on any atom is 0.206 e. The summed E-state index contributed by atoms with van der Waals surface area (Å²) in [6.45, 7) is 7.12. The van der Waals surface area contributed by atoms with Crippen molar-refractivity contribution >= 4 is 9.84 Å². The number of ether oxygens (including phenoxy) is 1. The standard InChI is InChI=1S/C17H20O5S/c1-11-5-7-12(8-6-11)23(20,21)13-9-14(18)16(19)15(10-13)22-17(2,3)4/h5-10,18-19H,1-4H3. The Balaban J connectivity index is 2.57. The van der Waals surface area contributed by atoms with Crippen molar-refractivity contribution in [2.75, 3.05) is 0 Å². The fourth-order valence-electron chi connectivity index (χ4n) is 1.98. The monoisotopic (exact) mass is 336 g/mol. The molecule has 0 saturated heterocycles. The summed E-state index contributed by atoms with van der Waals surface area (Å²) >= 11 is 0. The first kappa shape index (κ1) is 17.1. The first-order valence-electron chi connectivity index (χ1n) is 7.07. The van der Waals surface area contributed by atoms with E-state index in [0.717, 1.165) is 11.6 Å². The topological polar surface area (TPSA) is 83.8 Å². The number of rotatable bonds is 3. The van der Waals surface area contributed by atoms with Crippen LogP contribution in [0.1, 0.15) is 26.3 Å². The molecule has 0 atom stereocenters. The van der Waals surface area contributed by atoms with Crippen LogP contribution in [0.15, 0.2) is 46.2 Å². The van der Waals surface area contributed by atoms with Gasteiger partial charge in [-0.05, 0) is 39.8 Å². The summed E-state index contributed by atoms with van der Waals surface area (Å²) in [7, 11) is -3.82. The van der Waals surface area contributed by atoms with Crippen molar-refractivity contribution in [2.45, 2.75) is 43.1 Å². The first-order valence-corrected chi connectivity index (χ1v) is 8.56. The van der Waals surface area contributed by atoms with E-state index in [1.807, 2.05) is 6.92 Å². The second-order valence-electron chi connectivity index (χ2n) is 6.32. The highest BCUT2D eigenvalue weighted by Gasteiger charge is 2.24. The third-order valence-electron chi connectivity index (χ3n) is 3.09. The van der Waals surface area contributed by atoms with Gasteiger partial charge in [-0.15, -0.1) is 0 Å². The van der Waals surface area contributed by atoms with E-state index in [-0.39, 0.29) is 15.5 Å². The molecule has 2 aromatic carbocycles. The number of benzene rings is 2.